The van der Waals surface area contributed by atoms with Gasteiger partial charge in [0.15, 0.2) is 0 Å². The van der Waals surface area contributed by atoms with Crippen LogP contribution in [0, 0.1) is 0 Å². The molecular weight excluding hydrogens is 242 g/mol. The molecule has 17 heavy (non-hydrogen) atoms. The van der Waals surface area contributed by atoms with Crippen molar-refractivity contribution in [2.75, 3.05) is 30.3 Å². The first kappa shape index (κ1) is 13.8. The molecule has 0 saturated heterocycles. The van der Waals surface area contributed by atoms with Crippen molar-refractivity contribution in [1.29, 1.82) is 0 Å². The number of likely N-dealkylation sites (N-methyl/N-ethyl adjacent to an activating group) is 1. The topological polar surface area (TPSA) is 110 Å². The summed E-state index contributed by atoms with van der Waals surface area (Å²) in [7, 11) is -3.83. The van der Waals surface area contributed by atoms with Gasteiger partial charge in [0.1, 0.15) is 4.90 Å². The van der Waals surface area contributed by atoms with Gasteiger partial charge in [-0.05, 0) is 19.1 Å². The lowest BCUT2D eigenvalue weighted by Crippen LogP contribution is -2.27. The summed E-state index contributed by atoms with van der Waals surface area (Å²) in [5.41, 5.74) is 6.47. The first-order chi connectivity index (χ1) is 7.91. The molecule has 0 spiro atoms. The second-order valence-corrected chi connectivity index (χ2v) is 5.07. The van der Waals surface area contributed by atoms with Crippen molar-refractivity contribution in [3.05, 3.63) is 18.2 Å². The number of benzene rings is 1. The van der Waals surface area contributed by atoms with Gasteiger partial charge in [0, 0.05) is 13.1 Å². The summed E-state index contributed by atoms with van der Waals surface area (Å²) in [5, 5.41) is 14.0. The number of aliphatic hydroxyl groups excluding tert-OH is 1. The van der Waals surface area contributed by atoms with Gasteiger partial charge in [0.05, 0.1) is 18.0 Å². The van der Waals surface area contributed by atoms with E-state index < -0.39 is 10.0 Å². The van der Waals surface area contributed by atoms with E-state index in [1.54, 1.807) is 17.0 Å². The summed E-state index contributed by atoms with van der Waals surface area (Å²) < 4.78 is 22.6. The van der Waals surface area contributed by atoms with Crippen molar-refractivity contribution in [1.82, 2.24) is 0 Å². The SMILES string of the molecule is CCN(CCO)c1cccc(S(N)(=O)=O)c1N. The van der Waals surface area contributed by atoms with Gasteiger partial charge >= 0.3 is 0 Å². The van der Waals surface area contributed by atoms with Crippen molar-refractivity contribution in [2.45, 2.75) is 11.8 Å². The van der Waals surface area contributed by atoms with Crippen LogP contribution in [0.5, 0.6) is 0 Å². The van der Waals surface area contributed by atoms with E-state index in [0.29, 0.717) is 18.8 Å². The third-order valence-corrected chi connectivity index (χ3v) is 3.41. The molecule has 6 nitrogen and oxygen atoms in total. The van der Waals surface area contributed by atoms with Gasteiger partial charge in [-0.2, -0.15) is 0 Å². The first-order valence-electron chi connectivity index (χ1n) is 5.19. The third-order valence-electron chi connectivity index (χ3n) is 2.44. The fourth-order valence-corrected chi connectivity index (χ4v) is 2.31. The van der Waals surface area contributed by atoms with Gasteiger partial charge in [0.25, 0.3) is 0 Å². The molecule has 0 bridgehead atoms. The van der Waals surface area contributed by atoms with Crippen molar-refractivity contribution >= 4 is 21.4 Å². The van der Waals surface area contributed by atoms with Crippen LogP contribution < -0.4 is 15.8 Å². The van der Waals surface area contributed by atoms with Gasteiger partial charge < -0.3 is 15.7 Å². The number of sulfonamides is 1. The average Bonchev–Trinajstić information content (AvgIpc) is 2.25. The van der Waals surface area contributed by atoms with Crippen LogP contribution in [0.4, 0.5) is 11.4 Å². The van der Waals surface area contributed by atoms with Crippen LogP contribution >= 0.6 is 0 Å². The lowest BCUT2D eigenvalue weighted by molar-refractivity contribution is 0.302. The summed E-state index contributed by atoms with van der Waals surface area (Å²) in [6.45, 7) is 2.85. The highest BCUT2D eigenvalue weighted by Gasteiger charge is 2.17. The van der Waals surface area contributed by atoms with E-state index in [1.165, 1.54) is 6.07 Å². The van der Waals surface area contributed by atoms with Crippen LogP contribution in [0.1, 0.15) is 6.92 Å². The first-order valence-corrected chi connectivity index (χ1v) is 6.73. The molecule has 0 fully saturated rings. The Bertz CT molecular complexity index is 488. The van der Waals surface area contributed by atoms with E-state index in [1.807, 2.05) is 6.92 Å². The molecule has 0 radical (unpaired) electrons. The summed E-state index contributed by atoms with van der Waals surface area (Å²) in [6, 6.07) is 4.63. The van der Waals surface area contributed by atoms with Crippen molar-refractivity contribution in [3.63, 3.8) is 0 Å². The van der Waals surface area contributed by atoms with Crippen molar-refractivity contribution < 1.29 is 13.5 Å². The summed E-state index contributed by atoms with van der Waals surface area (Å²) >= 11 is 0. The Morgan fingerprint density at radius 1 is 1.41 bits per heavy atom. The van der Waals surface area contributed by atoms with E-state index in [4.69, 9.17) is 16.0 Å². The summed E-state index contributed by atoms with van der Waals surface area (Å²) in [5.74, 6) is 0. The van der Waals surface area contributed by atoms with Gasteiger partial charge in [-0.3, -0.25) is 0 Å². The molecule has 1 rings (SSSR count). The molecule has 0 unspecified atom stereocenters. The quantitative estimate of drug-likeness (QED) is 0.631. The van der Waals surface area contributed by atoms with Crippen LogP contribution in [-0.4, -0.2) is 33.2 Å². The largest absolute Gasteiger partial charge is 0.396 e. The number of hydrogen-bond acceptors (Lipinski definition) is 5. The van der Waals surface area contributed by atoms with Crippen LogP contribution in [-0.2, 0) is 10.0 Å². The number of nitrogens with zero attached hydrogens (tertiary/aromatic N) is 1. The van der Waals surface area contributed by atoms with Gasteiger partial charge in [-0.1, -0.05) is 6.07 Å². The number of rotatable bonds is 5. The van der Waals surface area contributed by atoms with Crippen molar-refractivity contribution in [2.24, 2.45) is 5.14 Å². The zero-order valence-corrected chi connectivity index (χ0v) is 10.4. The normalized spacial score (nSPS) is 11.5. The Morgan fingerprint density at radius 3 is 2.53 bits per heavy atom. The monoisotopic (exact) mass is 259 g/mol. The van der Waals surface area contributed by atoms with E-state index >= 15 is 0 Å². The Hall–Kier alpha value is -1.31. The maximum absolute atomic E-state index is 11.3. The Balaban J connectivity index is 3.27. The van der Waals surface area contributed by atoms with Crippen molar-refractivity contribution in [3.8, 4) is 0 Å². The summed E-state index contributed by atoms with van der Waals surface area (Å²) in [6.07, 6.45) is 0. The predicted molar refractivity (Wildman–Crippen MR) is 67.2 cm³/mol. The molecule has 0 amide bonds. The van der Waals surface area contributed by atoms with Gasteiger partial charge in [-0.25, -0.2) is 13.6 Å². The molecule has 1 aromatic carbocycles. The summed E-state index contributed by atoms with van der Waals surface area (Å²) in [4.78, 5) is 1.69. The fraction of sp³-hybridized carbons (Fsp3) is 0.400. The lowest BCUT2D eigenvalue weighted by atomic mass is 10.2. The van der Waals surface area contributed by atoms with Crippen LogP contribution in [0.15, 0.2) is 23.1 Å². The Kier molecular flexibility index (Phi) is 4.33. The molecule has 0 atom stereocenters. The number of nitrogen functional groups attached to an aromatic ring is 1. The average molecular weight is 259 g/mol. The molecule has 1 aromatic rings. The highest BCUT2D eigenvalue weighted by Crippen LogP contribution is 2.28. The second-order valence-electron chi connectivity index (χ2n) is 3.54. The smallest absolute Gasteiger partial charge is 0.240 e. The highest BCUT2D eigenvalue weighted by molar-refractivity contribution is 7.89. The molecular formula is C10H17N3O3S. The molecule has 0 aliphatic carbocycles. The second kappa shape index (κ2) is 5.35. The zero-order chi connectivity index (χ0) is 13.1. The molecule has 5 N–H and O–H groups in total. The van der Waals surface area contributed by atoms with E-state index in [2.05, 4.69) is 0 Å². The minimum absolute atomic E-state index is 0.0348. The minimum Gasteiger partial charge on any atom is -0.396 e. The Morgan fingerprint density at radius 2 is 2.06 bits per heavy atom. The lowest BCUT2D eigenvalue weighted by Gasteiger charge is -2.24. The predicted octanol–water partition coefficient (Wildman–Crippen LogP) is -0.265. The number of nitrogens with two attached hydrogens (primary N) is 2. The van der Waals surface area contributed by atoms with Crippen LogP contribution in [0.25, 0.3) is 0 Å². The standard InChI is InChI=1S/C10H17N3O3S/c1-2-13(6-7-14)8-4-3-5-9(10(8)11)17(12,15)16/h3-5,14H,2,6-7,11H2,1H3,(H2,12,15,16). The van der Waals surface area contributed by atoms with E-state index in [0.717, 1.165) is 0 Å². The molecule has 0 saturated carbocycles. The van der Waals surface area contributed by atoms with Gasteiger partial charge in [-0.15, -0.1) is 0 Å². The number of primary sulfonamides is 1. The van der Waals surface area contributed by atoms with Gasteiger partial charge in [0.2, 0.25) is 10.0 Å². The zero-order valence-electron chi connectivity index (χ0n) is 9.63. The maximum Gasteiger partial charge on any atom is 0.240 e. The van der Waals surface area contributed by atoms with Crippen LogP contribution in [0.2, 0.25) is 0 Å². The third kappa shape index (κ3) is 3.09. The minimum atomic E-state index is -3.83. The Labute approximate surface area is 101 Å². The molecule has 0 aliphatic heterocycles. The maximum atomic E-state index is 11.3. The van der Waals surface area contributed by atoms with E-state index in [9.17, 15) is 8.42 Å². The molecule has 0 heterocycles. The van der Waals surface area contributed by atoms with E-state index in [-0.39, 0.29) is 17.2 Å². The highest BCUT2D eigenvalue weighted by atomic mass is 32.2. The molecule has 0 aliphatic rings. The molecule has 0 aromatic heterocycles. The number of hydrogen-bond donors (Lipinski definition) is 3. The molecule has 7 heteroatoms. The molecule has 96 valence electrons. The van der Waals surface area contributed by atoms with Crippen LogP contribution in [0.3, 0.4) is 0 Å². The number of para-hydroxylation sites is 1. The number of aliphatic hydroxyl groups is 1. The fourth-order valence-electron chi connectivity index (χ4n) is 1.63. The number of anilines is 2.